The average Bonchev–Trinajstić information content (AvgIpc) is 2.90. The highest BCUT2D eigenvalue weighted by atomic mass is 32.2. The molecule has 0 spiro atoms. The fourth-order valence-corrected chi connectivity index (χ4v) is 3.82. The molecular formula is C14H23N3O2S. The number of nitrogens with zero attached hydrogens (tertiary/aromatic N) is 2. The SMILES string of the molecule is CC1(OCc2nc(CSC3CCCCC3)no2)CNC1. The van der Waals surface area contributed by atoms with Crippen LogP contribution in [0.2, 0.25) is 0 Å². The van der Waals surface area contributed by atoms with E-state index in [0.717, 1.165) is 29.9 Å². The van der Waals surface area contributed by atoms with Crippen LogP contribution in [0.5, 0.6) is 0 Å². The van der Waals surface area contributed by atoms with Gasteiger partial charge in [0.05, 0.1) is 11.4 Å². The molecular weight excluding hydrogens is 274 g/mol. The van der Waals surface area contributed by atoms with Gasteiger partial charge in [0.2, 0.25) is 0 Å². The van der Waals surface area contributed by atoms with Crippen molar-refractivity contribution < 1.29 is 9.26 Å². The molecule has 1 aliphatic heterocycles. The molecule has 2 fully saturated rings. The minimum atomic E-state index is -0.0640. The second-order valence-corrected chi connectivity index (χ2v) is 7.31. The van der Waals surface area contributed by atoms with Crippen molar-refractivity contribution in [3.8, 4) is 0 Å². The molecule has 3 rings (SSSR count). The summed E-state index contributed by atoms with van der Waals surface area (Å²) in [6.45, 7) is 4.30. The normalized spacial score (nSPS) is 22.6. The van der Waals surface area contributed by atoms with Gasteiger partial charge in [0, 0.05) is 18.3 Å². The molecule has 0 bridgehead atoms. The largest absolute Gasteiger partial charge is 0.363 e. The summed E-state index contributed by atoms with van der Waals surface area (Å²) in [4.78, 5) is 4.41. The summed E-state index contributed by atoms with van der Waals surface area (Å²) in [5, 5.41) is 8.03. The van der Waals surface area contributed by atoms with Crippen LogP contribution < -0.4 is 5.32 Å². The molecule has 20 heavy (non-hydrogen) atoms. The van der Waals surface area contributed by atoms with E-state index in [1.54, 1.807) is 0 Å². The van der Waals surface area contributed by atoms with Gasteiger partial charge in [-0.2, -0.15) is 16.7 Å². The van der Waals surface area contributed by atoms with Crippen LogP contribution in [0.4, 0.5) is 0 Å². The Morgan fingerprint density at radius 3 is 2.85 bits per heavy atom. The quantitative estimate of drug-likeness (QED) is 0.870. The highest BCUT2D eigenvalue weighted by molar-refractivity contribution is 7.99. The molecule has 112 valence electrons. The molecule has 1 aliphatic carbocycles. The van der Waals surface area contributed by atoms with Gasteiger partial charge in [-0.25, -0.2) is 0 Å². The van der Waals surface area contributed by atoms with E-state index < -0.39 is 0 Å². The number of ether oxygens (including phenoxy) is 1. The number of rotatable bonds is 6. The maximum Gasteiger partial charge on any atom is 0.252 e. The Balaban J connectivity index is 1.41. The van der Waals surface area contributed by atoms with Crippen molar-refractivity contribution in [1.82, 2.24) is 15.5 Å². The van der Waals surface area contributed by atoms with Crippen LogP contribution >= 0.6 is 11.8 Å². The third-order valence-corrected chi connectivity index (χ3v) is 5.42. The lowest BCUT2D eigenvalue weighted by Gasteiger charge is -2.38. The third-order valence-electron chi connectivity index (χ3n) is 4.05. The van der Waals surface area contributed by atoms with Gasteiger partial charge in [-0.05, 0) is 19.8 Å². The van der Waals surface area contributed by atoms with Crippen LogP contribution in [0.1, 0.15) is 50.7 Å². The van der Waals surface area contributed by atoms with Crippen molar-refractivity contribution in [3.63, 3.8) is 0 Å². The standard InChI is InChI=1S/C14H23N3O2S/c1-14(9-15-10-14)18-7-13-16-12(17-19-13)8-20-11-5-3-2-4-6-11/h11,15H,2-10H2,1H3. The molecule has 2 aliphatic rings. The van der Waals surface area contributed by atoms with E-state index in [9.17, 15) is 0 Å². The van der Waals surface area contributed by atoms with Gasteiger partial charge < -0.3 is 14.6 Å². The van der Waals surface area contributed by atoms with Crippen molar-refractivity contribution in [2.45, 2.75) is 62.2 Å². The van der Waals surface area contributed by atoms with Crippen LogP contribution in [-0.4, -0.2) is 34.1 Å². The molecule has 1 N–H and O–H groups in total. The molecule has 2 heterocycles. The van der Waals surface area contributed by atoms with Crippen molar-refractivity contribution in [3.05, 3.63) is 11.7 Å². The third kappa shape index (κ3) is 3.74. The zero-order chi connectivity index (χ0) is 13.8. The molecule has 0 radical (unpaired) electrons. The zero-order valence-electron chi connectivity index (χ0n) is 12.1. The fraction of sp³-hybridized carbons (Fsp3) is 0.857. The first kappa shape index (κ1) is 14.4. The summed E-state index contributed by atoms with van der Waals surface area (Å²) in [5.41, 5.74) is -0.0640. The van der Waals surface area contributed by atoms with Crippen LogP contribution in [0.3, 0.4) is 0 Å². The summed E-state index contributed by atoms with van der Waals surface area (Å²) in [7, 11) is 0. The van der Waals surface area contributed by atoms with E-state index in [2.05, 4.69) is 22.4 Å². The predicted octanol–water partition coefficient (Wildman–Crippen LogP) is 2.51. The fourth-order valence-electron chi connectivity index (χ4n) is 2.65. The van der Waals surface area contributed by atoms with Gasteiger partial charge in [-0.15, -0.1) is 0 Å². The Morgan fingerprint density at radius 2 is 2.15 bits per heavy atom. The summed E-state index contributed by atoms with van der Waals surface area (Å²) >= 11 is 1.97. The van der Waals surface area contributed by atoms with E-state index in [1.165, 1.54) is 32.1 Å². The van der Waals surface area contributed by atoms with E-state index in [1.807, 2.05) is 11.8 Å². The molecule has 0 atom stereocenters. The summed E-state index contributed by atoms with van der Waals surface area (Å²) in [6.07, 6.45) is 6.81. The average molecular weight is 297 g/mol. The minimum Gasteiger partial charge on any atom is -0.363 e. The molecule has 0 unspecified atom stereocenters. The first-order valence-electron chi connectivity index (χ1n) is 7.51. The van der Waals surface area contributed by atoms with Gasteiger partial charge in [0.15, 0.2) is 5.82 Å². The molecule has 1 saturated carbocycles. The van der Waals surface area contributed by atoms with Crippen molar-refractivity contribution in [2.24, 2.45) is 0 Å². The van der Waals surface area contributed by atoms with E-state index in [4.69, 9.17) is 9.26 Å². The van der Waals surface area contributed by atoms with Crippen LogP contribution in [0, 0.1) is 0 Å². The lowest BCUT2D eigenvalue weighted by atomic mass is 10.0. The number of hydrogen-bond donors (Lipinski definition) is 1. The topological polar surface area (TPSA) is 60.2 Å². The first-order chi connectivity index (χ1) is 9.73. The molecule has 0 amide bonds. The zero-order valence-corrected chi connectivity index (χ0v) is 12.9. The monoisotopic (exact) mass is 297 g/mol. The van der Waals surface area contributed by atoms with Crippen molar-refractivity contribution >= 4 is 11.8 Å². The smallest absolute Gasteiger partial charge is 0.252 e. The number of hydrogen-bond acceptors (Lipinski definition) is 6. The van der Waals surface area contributed by atoms with Crippen molar-refractivity contribution in [1.29, 1.82) is 0 Å². The Bertz CT molecular complexity index is 428. The van der Waals surface area contributed by atoms with Crippen LogP contribution in [0.15, 0.2) is 4.52 Å². The number of thioether (sulfide) groups is 1. The minimum absolute atomic E-state index is 0.0640. The molecule has 1 aromatic rings. The van der Waals surface area contributed by atoms with E-state index in [0.29, 0.717) is 12.5 Å². The van der Waals surface area contributed by atoms with E-state index in [-0.39, 0.29) is 5.60 Å². The van der Waals surface area contributed by atoms with Gasteiger partial charge in [0.25, 0.3) is 5.89 Å². The van der Waals surface area contributed by atoms with Gasteiger partial charge in [0.1, 0.15) is 6.61 Å². The van der Waals surface area contributed by atoms with E-state index >= 15 is 0 Å². The van der Waals surface area contributed by atoms with Crippen LogP contribution in [0.25, 0.3) is 0 Å². The highest BCUT2D eigenvalue weighted by Gasteiger charge is 2.33. The highest BCUT2D eigenvalue weighted by Crippen LogP contribution is 2.29. The lowest BCUT2D eigenvalue weighted by Crippen LogP contribution is -2.58. The first-order valence-corrected chi connectivity index (χ1v) is 8.56. The lowest BCUT2D eigenvalue weighted by molar-refractivity contribution is -0.0841. The molecule has 5 nitrogen and oxygen atoms in total. The number of nitrogens with one attached hydrogen (secondary N) is 1. The van der Waals surface area contributed by atoms with Gasteiger partial charge in [-0.1, -0.05) is 24.4 Å². The van der Waals surface area contributed by atoms with Crippen LogP contribution in [-0.2, 0) is 17.1 Å². The maximum absolute atomic E-state index is 5.79. The summed E-state index contributed by atoms with van der Waals surface area (Å²) in [6, 6.07) is 0. The molecule has 6 heteroatoms. The Morgan fingerprint density at radius 1 is 1.35 bits per heavy atom. The number of aromatic nitrogens is 2. The molecule has 1 saturated heterocycles. The predicted molar refractivity (Wildman–Crippen MR) is 78.5 cm³/mol. The summed E-state index contributed by atoms with van der Waals surface area (Å²) in [5.74, 6) is 2.25. The molecule has 1 aromatic heterocycles. The maximum atomic E-state index is 5.79. The Hall–Kier alpha value is -0.590. The molecule has 0 aromatic carbocycles. The van der Waals surface area contributed by atoms with Gasteiger partial charge >= 0.3 is 0 Å². The van der Waals surface area contributed by atoms with Crippen molar-refractivity contribution in [2.75, 3.05) is 13.1 Å². The summed E-state index contributed by atoms with van der Waals surface area (Å²) < 4.78 is 11.0. The Kier molecular flexibility index (Phi) is 4.63. The second-order valence-electron chi connectivity index (χ2n) is 6.02. The Labute approximate surface area is 124 Å². The van der Waals surface area contributed by atoms with Gasteiger partial charge in [-0.3, -0.25) is 0 Å². The second kappa shape index (κ2) is 6.45.